The molecule has 114 valence electrons. The van der Waals surface area contributed by atoms with Crippen molar-refractivity contribution in [3.63, 3.8) is 0 Å². The average Bonchev–Trinajstić information content (AvgIpc) is 2.90. The normalized spacial score (nSPS) is 12.0. The lowest BCUT2D eigenvalue weighted by Crippen LogP contribution is -2.17. The maximum atomic E-state index is 13.1. The molecule has 0 saturated heterocycles. The van der Waals surface area contributed by atoms with Crippen LogP contribution in [-0.2, 0) is 19.3 Å². The first-order chi connectivity index (χ1) is 10.5. The second kappa shape index (κ2) is 5.42. The standard InChI is InChI=1S/C15H12F3N3O/c16-15(17,18)14-13(9-22)19-20-21(14)8-11-6-3-5-10-4-1-2-7-12(10)11/h1-7,22H,8-9H2. The van der Waals surface area contributed by atoms with Crippen molar-refractivity contribution >= 4 is 10.8 Å². The van der Waals surface area contributed by atoms with E-state index in [0.29, 0.717) is 5.56 Å². The predicted octanol–water partition coefficient (Wildman–Crippen LogP) is 2.99. The van der Waals surface area contributed by atoms with E-state index in [1.807, 2.05) is 30.3 Å². The molecule has 0 atom stereocenters. The minimum atomic E-state index is -4.62. The van der Waals surface area contributed by atoms with Crippen molar-refractivity contribution in [2.45, 2.75) is 19.3 Å². The summed E-state index contributed by atoms with van der Waals surface area (Å²) in [6, 6.07) is 12.9. The monoisotopic (exact) mass is 307 g/mol. The number of alkyl halides is 3. The fourth-order valence-electron chi connectivity index (χ4n) is 2.47. The Balaban J connectivity index is 2.08. The molecular formula is C15H12F3N3O. The van der Waals surface area contributed by atoms with Crippen LogP contribution in [0.1, 0.15) is 17.0 Å². The highest BCUT2D eigenvalue weighted by molar-refractivity contribution is 5.85. The number of nitrogens with zero attached hydrogens (tertiary/aromatic N) is 3. The van der Waals surface area contributed by atoms with Crippen LogP contribution < -0.4 is 0 Å². The van der Waals surface area contributed by atoms with E-state index in [1.54, 1.807) is 12.1 Å². The zero-order valence-electron chi connectivity index (χ0n) is 11.4. The van der Waals surface area contributed by atoms with Crippen molar-refractivity contribution in [3.8, 4) is 0 Å². The van der Waals surface area contributed by atoms with Crippen LogP contribution >= 0.6 is 0 Å². The molecule has 0 saturated carbocycles. The number of fused-ring (bicyclic) bond motifs is 1. The van der Waals surface area contributed by atoms with Gasteiger partial charge in [-0.3, -0.25) is 0 Å². The summed E-state index contributed by atoms with van der Waals surface area (Å²) in [4.78, 5) is 0. The molecule has 3 rings (SSSR count). The average molecular weight is 307 g/mol. The summed E-state index contributed by atoms with van der Waals surface area (Å²) in [5, 5.41) is 17.8. The zero-order chi connectivity index (χ0) is 15.7. The summed E-state index contributed by atoms with van der Waals surface area (Å²) >= 11 is 0. The SMILES string of the molecule is OCc1nnn(Cc2cccc3ccccc23)c1C(F)(F)F. The first kappa shape index (κ1) is 14.5. The summed E-state index contributed by atoms with van der Waals surface area (Å²) in [6.45, 7) is -0.867. The van der Waals surface area contributed by atoms with Crippen molar-refractivity contribution in [2.24, 2.45) is 0 Å². The third-order valence-electron chi connectivity index (χ3n) is 3.42. The highest BCUT2D eigenvalue weighted by Gasteiger charge is 2.39. The Morgan fingerprint density at radius 3 is 2.50 bits per heavy atom. The first-order valence-corrected chi connectivity index (χ1v) is 6.58. The summed E-state index contributed by atoms with van der Waals surface area (Å²) in [6.07, 6.45) is -4.62. The number of aliphatic hydroxyl groups is 1. The molecule has 0 spiro atoms. The zero-order valence-corrected chi connectivity index (χ0v) is 11.4. The second-order valence-electron chi connectivity index (χ2n) is 4.84. The van der Waals surface area contributed by atoms with Gasteiger partial charge in [0.1, 0.15) is 5.69 Å². The smallest absolute Gasteiger partial charge is 0.390 e. The summed E-state index contributed by atoms with van der Waals surface area (Å²) in [5.74, 6) is 0. The van der Waals surface area contributed by atoms with Gasteiger partial charge in [-0.1, -0.05) is 47.7 Å². The molecular weight excluding hydrogens is 295 g/mol. The minimum absolute atomic E-state index is 0.0663. The van der Waals surface area contributed by atoms with Gasteiger partial charge >= 0.3 is 6.18 Å². The minimum Gasteiger partial charge on any atom is -0.390 e. The van der Waals surface area contributed by atoms with Gasteiger partial charge in [-0.05, 0) is 16.3 Å². The van der Waals surface area contributed by atoms with Gasteiger partial charge in [0.05, 0.1) is 13.2 Å². The van der Waals surface area contributed by atoms with Gasteiger partial charge in [-0.25, -0.2) is 4.68 Å². The maximum absolute atomic E-state index is 13.1. The van der Waals surface area contributed by atoms with E-state index in [2.05, 4.69) is 10.3 Å². The van der Waals surface area contributed by atoms with Crippen LogP contribution in [0.4, 0.5) is 13.2 Å². The second-order valence-corrected chi connectivity index (χ2v) is 4.84. The van der Waals surface area contributed by atoms with Crippen LogP contribution in [0.3, 0.4) is 0 Å². The van der Waals surface area contributed by atoms with E-state index in [-0.39, 0.29) is 6.54 Å². The Bertz CT molecular complexity index is 806. The van der Waals surface area contributed by atoms with Gasteiger partial charge < -0.3 is 5.11 Å². The number of rotatable bonds is 3. The largest absolute Gasteiger partial charge is 0.435 e. The lowest BCUT2D eigenvalue weighted by atomic mass is 10.0. The highest BCUT2D eigenvalue weighted by Crippen LogP contribution is 2.32. The Labute approximate surface area is 123 Å². The van der Waals surface area contributed by atoms with Crippen LogP contribution in [0.25, 0.3) is 10.8 Å². The van der Waals surface area contributed by atoms with Gasteiger partial charge in [0.2, 0.25) is 0 Å². The lowest BCUT2D eigenvalue weighted by molar-refractivity contribution is -0.145. The highest BCUT2D eigenvalue weighted by atomic mass is 19.4. The number of hydrogen-bond acceptors (Lipinski definition) is 3. The molecule has 0 bridgehead atoms. The van der Waals surface area contributed by atoms with Crippen LogP contribution in [0.15, 0.2) is 42.5 Å². The molecule has 1 heterocycles. The molecule has 1 N–H and O–H groups in total. The molecule has 0 unspecified atom stereocenters. The molecule has 0 fully saturated rings. The molecule has 2 aromatic carbocycles. The van der Waals surface area contributed by atoms with Crippen LogP contribution in [-0.4, -0.2) is 20.1 Å². The lowest BCUT2D eigenvalue weighted by Gasteiger charge is -2.12. The van der Waals surface area contributed by atoms with Crippen molar-refractivity contribution in [3.05, 3.63) is 59.4 Å². The van der Waals surface area contributed by atoms with Crippen molar-refractivity contribution in [2.75, 3.05) is 0 Å². The molecule has 3 aromatic rings. The Kier molecular flexibility index (Phi) is 3.58. The third kappa shape index (κ3) is 2.55. The van der Waals surface area contributed by atoms with Crippen LogP contribution in [0.5, 0.6) is 0 Å². The van der Waals surface area contributed by atoms with Gasteiger partial charge in [-0.2, -0.15) is 13.2 Å². The molecule has 7 heteroatoms. The van der Waals surface area contributed by atoms with Gasteiger partial charge in [0.15, 0.2) is 5.69 Å². The van der Waals surface area contributed by atoms with Gasteiger partial charge in [0.25, 0.3) is 0 Å². The predicted molar refractivity (Wildman–Crippen MR) is 74.0 cm³/mol. The quantitative estimate of drug-likeness (QED) is 0.809. The fraction of sp³-hybridized carbons (Fsp3) is 0.200. The summed E-state index contributed by atoms with van der Waals surface area (Å²) in [5.41, 5.74) is -0.770. The van der Waals surface area contributed by atoms with Crippen LogP contribution in [0.2, 0.25) is 0 Å². The molecule has 22 heavy (non-hydrogen) atoms. The van der Waals surface area contributed by atoms with E-state index < -0.39 is 24.2 Å². The number of halogens is 3. The van der Waals surface area contributed by atoms with E-state index in [9.17, 15) is 13.2 Å². The molecule has 0 amide bonds. The number of hydrogen-bond donors (Lipinski definition) is 1. The van der Waals surface area contributed by atoms with Crippen molar-refractivity contribution in [1.29, 1.82) is 0 Å². The summed E-state index contributed by atoms with van der Waals surface area (Å²) in [7, 11) is 0. The first-order valence-electron chi connectivity index (χ1n) is 6.58. The third-order valence-corrected chi connectivity index (χ3v) is 3.42. The topological polar surface area (TPSA) is 50.9 Å². The Morgan fingerprint density at radius 1 is 1.05 bits per heavy atom. The van der Waals surface area contributed by atoms with E-state index in [0.717, 1.165) is 15.5 Å². The molecule has 4 nitrogen and oxygen atoms in total. The fourth-order valence-corrected chi connectivity index (χ4v) is 2.47. The van der Waals surface area contributed by atoms with Crippen LogP contribution in [0, 0.1) is 0 Å². The number of aromatic nitrogens is 3. The molecule has 1 aromatic heterocycles. The van der Waals surface area contributed by atoms with E-state index >= 15 is 0 Å². The molecule has 0 radical (unpaired) electrons. The Morgan fingerprint density at radius 2 is 1.77 bits per heavy atom. The summed E-state index contributed by atoms with van der Waals surface area (Å²) < 4.78 is 40.2. The van der Waals surface area contributed by atoms with Crippen molar-refractivity contribution < 1.29 is 18.3 Å². The molecule has 0 aliphatic heterocycles. The Hall–Kier alpha value is -2.41. The van der Waals surface area contributed by atoms with Gasteiger partial charge in [0, 0.05) is 0 Å². The molecule has 0 aliphatic carbocycles. The number of aliphatic hydroxyl groups excluding tert-OH is 1. The van der Waals surface area contributed by atoms with E-state index in [1.165, 1.54) is 0 Å². The number of benzene rings is 2. The van der Waals surface area contributed by atoms with Crippen molar-refractivity contribution in [1.82, 2.24) is 15.0 Å². The van der Waals surface area contributed by atoms with E-state index in [4.69, 9.17) is 5.11 Å². The van der Waals surface area contributed by atoms with Gasteiger partial charge in [-0.15, -0.1) is 5.10 Å². The molecule has 0 aliphatic rings. The maximum Gasteiger partial charge on any atom is 0.435 e.